The maximum absolute atomic E-state index is 13.8. The summed E-state index contributed by atoms with van der Waals surface area (Å²) >= 11 is 0. The van der Waals surface area contributed by atoms with Crippen molar-refractivity contribution in [2.75, 3.05) is 40.3 Å². The molecule has 1 aromatic heterocycles. The van der Waals surface area contributed by atoms with Crippen molar-refractivity contribution in [1.82, 2.24) is 19.7 Å². The Labute approximate surface area is 261 Å². The molecule has 0 radical (unpaired) electrons. The van der Waals surface area contributed by atoms with Crippen molar-refractivity contribution < 1.29 is 14.4 Å². The van der Waals surface area contributed by atoms with Gasteiger partial charge in [-0.3, -0.25) is 14.4 Å². The van der Waals surface area contributed by atoms with E-state index in [1.165, 1.54) is 25.9 Å². The Balaban J connectivity index is 1.46. The first-order valence-corrected chi connectivity index (χ1v) is 15.9. The van der Waals surface area contributed by atoms with Crippen LogP contribution in [-0.2, 0) is 16.0 Å². The Morgan fingerprint density at radius 2 is 1.61 bits per heavy atom. The van der Waals surface area contributed by atoms with Crippen LogP contribution in [0.15, 0.2) is 42.5 Å². The molecule has 2 aliphatic rings. The standard InChI is InChI=1S/C37H46N4O3/c1-24-11-9-14-31(29-13-10-12-28(21-29)22-34(43)39(5)6)35(24)32(27(4)42)23-33-25(2)36(26(3)38-33)37(44)41-19-15-30(16-20-41)40-17-7-8-18-40/h9-14,21,23,30,38H,7-8,15-20,22H2,1-6H3/b32-23+. The van der Waals surface area contributed by atoms with Gasteiger partial charge in [0.05, 0.1) is 12.0 Å². The van der Waals surface area contributed by atoms with E-state index in [0.29, 0.717) is 23.6 Å². The van der Waals surface area contributed by atoms with Gasteiger partial charge in [-0.25, -0.2) is 0 Å². The first-order chi connectivity index (χ1) is 21.0. The number of nitrogens with zero attached hydrogens (tertiary/aromatic N) is 3. The number of rotatable bonds is 8. The van der Waals surface area contributed by atoms with Crippen molar-refractivity contribution >= 4 is 29.2 Å². The zero-order chi connectivity index (χ0) is 31.5. The van der Waals surface area contributed by atoms with Crippen LogP contribution in [0.5, 0.6) is 0 Å². The minimum absolute atomic E-state index is 0.0369. The number of H-pyrrole nitrogens is 1. The normalized spacial score (nSPS) is 16.4. The van der Waals surface area contributed by atoms with Crippen LogP contribution in [0.2, 0.25) is 0 Å². The van der Waals surface area contributed by atoms with Gasteiger partial charge in [0.2, 0.25) is 5.91 Å². The van der Waals surface area contributed by atoms with Gasteiger partial charge in [0, 0.05) is 50.2 Å². The van der Waals surface area contributed by atoms with E-state index in [1.807, 2.05) is 74.2 Å². The lowest BCUT2D eigenvalue weighted by atomic mass is 9.88. The Bertz CT molecular complexity index is 1580. The lowest BCUT2D eigenvalue weighted by Crippen LogP contribution is -2.46. The molecule has 0 saturated carbocycles. The predicted octanol–water partition coefficient (Wildman–Crippen LogP) is 6.07. The average Bonchev–Trinajstić information content (AvgIpc) is 3.63. The van der Waals surface area contributed by atoms with Crippen molar-refractivity contribution in [2.45, 2.75) is 65.8 Å². The van der Waals surface area contributed by atoms with Crippen LogP contribution in [0.1, 0.15) is 76.6 Å². The number of carbonyl (C=O) groups is 3. The van der Waals surface area contributed by atoms with Crippen LogP contribution in [0.25, 0.3) is 22.8 Å². The molecule has 0 bridgehead atoms. The van der Waals surface area contributed by atoms with E-state index in [2.05, 4.69) is 9.88 Å². The van der Waals surface area contributed by atoms with Gasteiger partial charge in [0.15, 0.2) is 5.78 Å². The summed E-state index contributed by atoms with van der Waals surface area (Å²) in [7, 11) is 3.52. The Morgan fingerprint density at radius 3 is 2.27 bits per heavy atom. The van der Waals surface area contributed by atoms with Gasteiger partial charge in [0.25, 0.3) is 5.91 Å². The summed E-state index contributed by atoms with van der Waals surface area (Å²) in [6.07, 6.45) is 6.84. The van der Waals surface area contributed by atoms with Gasteiger partial charge in [-0.1, -0.05) is 42.5 Å². The monoisotopic (exact) mass is 594 g/mol. The molecule has 2 fully saturated rings. The third-order valence-electron chi connectivity index (χ3n) is 9.40. The van der Waals surface area contributed by atoms with Crippen LogP contribution in [0, 0.1) is 20.8 Å². The highest BCUT2D eigenvalue weighted by molar-refractivity contribution is 6.26. The molecule has 0 aliphatic carbocycles. The van der Waals surface area contributed by atoms with Gasteiger partial charge in [-0.15, -0.1) is 0 Å². The van der Waals surface area contributed by atoms with Crippen LogP contribution in [0.3, 0.4) is 0 Å². The van der Waals surface area contributed by atoms with E-state index >= 15 is 0 Å². The molecule has 44 heavy (non-hydrogen) atoms. The number of likely N-dealkylation sites (N-methyl/N-ethyl adjacent to an activating group) is 1. The summed E-state index contributed by atoms with van der Waals surface area (Å²) in [5.41, 5.74) is 8.42. The fourth-order valence-corrected chi connectivity index (χ4v) is 6.88. The molecule has 1 N–H and O–H groups in total. The highest BCUT2D eigenvalue weighted by Gasteiger charge is 2.30. The number of hydrogen-bond donors (Lipinski definition) is 1. The fourth-order valence-electron chi connectivity index (χ4n) is 6.88. The second kappa shape index (κ2) is 13.3. The summed E-state index contributed by atoms with van der Waals surface area (Å²) in [6, 6.07) is 14.6. The van der Waals surface area contributed by atoms with E-state index in [-0.39, 0.29) is 17.6 Å². The lowest BCUT2D eigenvalue weighted by Gasteiger charge is -2.36. The Kier molecular flexibility index (Phi) is 9.54. The number of ketones is 1. The van der Waals surface area contributed by atoms with Crippen LogP contribution < -0.4 is 0 Å². The van der Waals surface area contributed by atoms with Crippen molar-refractivity contribution in [3.8, 4) is 11.1 Å². The van der Waals surface area contributed by atoms with Crippen LogP contribution in [0.4, 0.5) is 0 Å². The van der Waals surface area contributed by atoms with E-state index in [0.717, 1.165) is 70.7 Å². The molecule has 7 nitrogen and oxygen atoms in total. The SMILES string of the molecule is CC(=O)/C(=C\c1[nH]c(C)c(C(=O)N2CCC(N3CCCC3)CC2)c1C)c1c(C)cccc1-c1cccc(CC(=O)N(C)C)c1. The zero-order valence-electron chi connectivity index (χ0n) is 27.1. The molecule has 0 atom stereocenters. The third kappa shape index (κ3) is 6.58. The maximum Gasteiger partial charge on any atom is 0.255 e. The maximum atomic E-state index is 13.8. The van der Waals surface area contributed by atoms with Crippen molar-refractivity contribution in [3.63, 3.8) is 0 Å². The number of benzene rings is 2. The number of amides is 2. The number of carbonyl (C=O) groups excluding carboxylic acids is 3. The molecular formula is C37H46N4O3. The largest absolute Gasteiger partial charge is 0.358 e. The molecule has 3 aromatic rings. The number of piperidine rings is 1. The summed E-state index contributed by atoms with van der Waals surface area (Å²) in [5.74, 6) is 0.0543. The predicted molar refractivity (Wildman–Crippen MR) is 178 cm³/mol. The quantitative estimate of drug-likeness (QED) is 0.322. The van der Waals surface area contributed by atoms with Gasteiger partial charge < -0.3 is 19.7 Å². The minimum atomic E-state index is -0.0528. The zero-order valence-corrected chi connectivity index (χ0v) is 27.1. The molecule has 2 saturated heterocycles. The van der Waals surface area contributed by atoms with Crippen molar-refractivity contribution in [1.29, 1.82) is 0 Å². The Hall–Kier alpha value is -3.97. The van der Waals surface area contributed by atoms with Crippen molar-refractivity contribution in [3.05, 3.63) is 81.7 Å². The molecule has 2 aliphatic heterocycles. The minimum Gasteiger partial charge on any atom is -0.358 e. The first-order valence-electron chi connectivity index (χ1n) is 15.9. The number of aromatic nitrogens is 1. The van der Waals surface area contributed by atoms with Gasteiger partial charge >= 0.3 is 0 Å². The summed E-state index contributed by atoms with van der Waals surface area (Å²) in [5, 5.41) is 0. The molecule has 0 unspecified atom stereocenters. The molecule has 5 rings (SSSR count). The number of aromatic amines is 1. The number of likely N-dealkylation sites (tertiary alicyclic amines) is 2. The Morgan fingerprint density at radius 1 is 0.932 bits per heavy atom. The highest BCUT2D eigenvalue weighted by Crippen LogP contribution is 2.35. The molecule has 3 heterocycles. The second-order valence-electron chi connectivity index (χ2n) is 12.7. The molecule has 232 valence electrons. The molecular weight excluding hydrogens is 548 g/mol. The van der Waals surface area contributed by atoms with Crippen LogP contribution >= 0.6 is 0 Å². The molecule has 7 heteroatoms. The molecule has 0 spiro atoms. The van der Waals surface area contributed by atoms with E-state index in [1.54, 1.807) is 25.9 Å². The van der Waals surface area contributed by atoms with Gasteiger partial charge in [0.1, 0.15) is 0 Å². The smallest absolute Gasteiger partial charge is 0.255 e. The number of aryl methyl sites for hydroxylation is 2. The molecule has 2 amide bonds. The van der Waals surface area contributed by atoms with E-state index < -0.39 is 0 Å². The number of nitrogens with one attached hydrogen (secondary N) is 1. The third-order valence-corrected chi connectivity index (χ3v) is 9.40. The number of allylic oxidation sites excluding steroid dienone is 1. The number of Topliss-reactive ketones (excluding diaryl/α,β-unsaturated/α-hetero) is 1. The first kappa shape index (κ1) is 31.5. The van der Waals surface area contributed by atoms with Crippen LogP contribution in [-0.4, -0.2) is 83.6 Å². The molecule has 2 aromatic carbocycles. The topological polar surface area (TPSA) is 76.7 Å². The fraction of sp³-hybridized carbons (Fsp3) is 0.432. The summed E-state index contributed by atoms with van der Waals surface area (Å²) in [4.78, 5) is 49.1. The summed E-state index contributed by atoms with van der Waals surface area (Å²) < 4.78 is 0. The van der Waals surface area contributed by atoms with Gasteiger partial charge in [-0.2, -0.15) is 0 Å². The van der Waals surface area contributed by atoms with Gasteiger partial charge in [-0.05, 0) is 106 Å². The van der Waals surface area contributed by atoms with Crippen molar-refractivity contribution in [2.24, 2.45) is 0 Å². The summed E-state index contributed by atoms with van der Waals surface area (Å²) in [6.45, 7) is 11.5. The second-order valence-corrected chi connectivity index (χ2v) is 12.7. The highest BCUT2D eigenvalue weighted by atomic mass is 16.2. The van der Waals surface area contributed by atoms with E-state index in [9.17, 15) is 14.4 Å². The average molecular weight is 595 g/mol. The lowest BCUT2D eigenvalue weighted by molar-refractivity contribution is -0.128. The number of hydrogen-bond acceptors (Lipinski definition) is 4. The van der Waals surface area contributed by atoms with E-state index in [4.69, 9.17) is 0 Å².